The van der Waals surface area contributed by atoms with Gasteiger partial charge in [-0.3, -0.25) is 14.8 Å². The molecule has 1 aromatic rings. The normalized spacial score (nSPS) is 14.7. The van der Waals surface area contributed by atoms with Crippen LogP contribution in [0.2, 0.25) is 0 Å². The van der Waals surface area contributed by atoms with Gasteiger partial charge in [-0.2, -0.15) is 0 Å². The van der Waals surface area contributed by atoms with E-state index in [4.69, 9.17) is 5.21 Å². The Morgan fingerprint density at radius 3 is 2.08 bits per heavy atom. The standard InChI is InChI=1S/C18H22F2N2O4/c1-17(2,3)10-9-11-5-7-12(8-6-11)14(23)21-13(15(24)22-26)18(4,25)16(19)20/h5-8,13,16,25-26H,1-4H3,(H,21,23)(H,22,24)/t13-,18+/m1/s1. The number of carbonyl (C=O) groups excluding carboxylic acids is 2. The van der Waals surface area contributed by atoms with Gasteiger partial charge < -0.3 is 10.4 Å². The van der Waals surface area contributed by atoms with E-state index in [-0.39, 0.29) is 11.0 Å². The minimum absolute atomic E-state index is 0.0760. The van der Waals surface area contributed by atoms with Crippen molar-refractivity contribution in [2.24, 2.45) is 5.41 Å². The first kappa shape index (κ1) is 21.5. The molecule has 0 fully saturated rings. The first-order chi connectivity index (χ1) is 11.9. The Kier molecular flexibility index (Phi) is 6.84. The Labute approximate surface area is 150 Å². The van der Waals surface area contributed by atoms with Crippen molar-refractivity contribution >= 4 is 11.8 Å². The summed E-state index contributed by atoms with van der Waals surface area (Å²) in [5, 5.41) is 20.5. The Morgan fingerprint density at radius 1 is 1.12 bits per heavy atom. The topological polar surface area (TPSA) is 98.7 Å². The molecule has 6 nitrogen and oxygen atoms in total. The fraction of sp³-hybridized carbons (Fsp3) is 0.444. The number of benzene rings is 1. The fourth-order valence-corrected chi connectivity index (χ4v) is 1.85. The average molecular weight is 368 g/mol. The molecule has 0 aliphatic carbocycles. The van der Waals surface area contributed by atoms with Crippen molar-refractivity contribution in [2.45, 2.75) is 45.8 Å². The molecule has 0 aliphatic heterocycles. The van der Waals surface area contributed by atoms with Gasteiger partial charge in [0.15, 0.2) is 5.60 Å². The summed E-state index contributed by atoms with van der Waals surface area (Å²) in [6, 6.07) is 3.90. The summed E-state index contributed by atoms with van der Waals surface area (Å²) < 4.78 is 25.9. The molecule has 4 N–H and O–H groups in total. The summed E-state index contributed by atoms with van der Waals surface area (Å²) in [5.74, 6) is 3.74. The van der Waals surface area contributed by atoms with Gasteiger partial charge in [0.1, 0.15) is 6.04 Å². The molecule has 2 atom stereocenters. The lowest BCUT2D eigenvalue weighted by molar-refractivity contribution is -0.149. The molecule has 26 heavy (non-hydrogen) atoms. The van der Waals surface area contributed by atoms with Crippen molar-refractivity contribution in [3.8, 4) is 11.8 Å². The van der Waals surface area contributed by atoms with Gasteiger partial charge in [-0.1, -0.05) is 11.8 Å². The molecule has 0 heterocycles. The number of nitrogens with one attached hydrogen (secondary N) is 2. The number of hydrogen-bond acceptors (Lipinski definition) is 4. The Morgan fingerprint density at radius 2 is 1.65 bits per heavy atom. The fourth-order valence-electron chi connectivity index (χ4n) is 1.85. The summed E-state index contributed by atoms with van der Waals surface area (Å²) in [6.07, 6.45) is -3.33. The molecule has 142 valence electrons. The van der Waals surface area contributed by atoms with Gasteiger partial charge in [0, 0.05) is 16.5 Å². The zero-order valence-corrected chi connectivity index (χ0v) is 14.9. The van der Waals surface area contributed by atoms with Crippen molar-refractivity contribution in [3.05, 3.63) is 35.4 Å². The molecular formula is C18H22F2N2O4. The van der Waals surface area contributed by atoms with E-state index < -0.39 is 29.9 Å². The molecule has 2 amide bonds. The second-order valence-electron chi connectivity index (χ2n) is 6.99. The van der Waals surface area contributed by atoms with Crippen LogP contribution in [0.25, 0.3) is 0 Å². The van der Waals surface area contributed by atoms with Crippen LogP contribution < -0.4 is 10.8 Å². The highest BCUT2D eigenvalue weighted by molar-refractivity contribution is 5.97. The molecule has 0 spiro atoms. The van der Waals surface area contributed by atoms with Crippen LogP contribution in [0.5, 0.6) is 0 Å². The highest BCUT2D eigenvalue weighted by atomic mass is 19.3. The molecule has 0 radical (unpaired) electrons. The molecule has 0 aliphatic rings. The number of rotatable bonds is 5. The lowest BCUT2D eigenvalue weighted by Gasteiger charge is -2.30. The lowest BCUT2D eigenvalue weighted by Crippen LogP contribution is -2.61. The molecule has 0 aromatic heterocycles. The van der Waals surface area contributed by atoms with Crippen LogP contribution in [-0.4, -0.2) is 40.2 Å². The second kappa shape index (κ2) is 8.25. The molecule has 1 rings (SSSR count). The minimum atomic E-state index is -3.33. The maximum absolute atomic E-state index is 13.0. The summed E-state index contributed by atoms with van der Waals surface area (Å²) >= 11 is 0. The number of hydrogen-bond donors (Lipinski definition) is 4. The summed E-state index contributed by atoms with van der Waals surface area (Å²) in [6.45, 7) is 6.53. The SMILES string of the molecule is CC(C)(C)C#Cc1ccc(C(=O)N[C@H](C(=O)NO)[C@](C)(O)C(F)F)cc1. The minimum Gasteiger partial charge on any atom is -0.381 e. The van der Waals surface area contributed by atoms with Crippen LogP contribution in [0.1, 0.15) is 43.6 Å². The van der Waals surface area contributed by atoms with Gasteiger partial charge in [-0.05, 0) is 52.0 Å². The monoisotopic (exact) mass is 368 g/mol. The van der Waals surface area contributed by atoms with Gasteiger partial charge in [0.2, 0.25) is 0 Å². The number of alkyl halides is 2. The molecule has 0 saturated carbocycles. The van der Waals surface area contributed by atoms with E-state index in [1.165, 1.54) is 12.1 Å². The van der Waals surface area contributed by atoms with Gasteiger partial charge in [-0.25, -0.2) is 14.3 Å². The van der Waals surface area contributed by atoms with Crippen molar-refractivity contribution in [3.63, 3.8) is 0 Å². The van der Waals surface area contributed by atoms with E-state index in [1.54, 1.807) is 12.1 Å². The molecule has 0 saturated heterocycles. The molecular weight excluding hydrogens is 346 g/mol. The number of carbonyl (C=O) groups is 2. The maximum Gasteiger partial charge on any atom is 0.269 e. The molecule has 8 heteroatoms. The van der Waals surface area contributed by atoms with Crippen molar-refractivity contribution < 1.29 is 28.7 Å². The van der Waals surface area contributed by atoms with Gasteiger partial charge >= 0.3 is 0 Å². The van der Waals surface area contributed by atoms with Gasteiger partial charge in [-0.15, -0.1) is 0 Å². The third kappa shape index (κ3) is 5.79. The highest BCUT2D eigenvalue weighted by Gasteiger charge is 2.46. The largest absolute Gasteiger partial charge is 0.381 e. The first-order valence-corrected chi connectivity index (χ1v) is 7.77. The first-order valence-electron chi connectivity index (χ1n) is 7.77. The third-order valence-electron chi connectivity index (χ3n) is 3.40. The van der Waals surface area contributed by atoms with Crippen molar-refractivity contribution in [2.75, 3.05) is 0 Å². The average Bonchev–Trinajstić information content (AvgIpc) is 2.56. The zero-order valence-electron chi connectivity index (χ0n) is 14.9. The number of amides is 2. The van der Waals surface area contributed by atoms with E-state index >= 15 is 0 Å². The summed E-state index contributed by atoms with van der Waals surface area (Å²) in [4.78, 5) is 23.8. The predicted octanol–water partition coefficient (Wildman–Crippen LogP) is 1.70. The lowest BCUT2D eigenvalue weighted by atomic mass is 9.95. The summed E-state index contributed by atoms with van der Waals surface area (Å²) in [5.41, 5.74) is -1.18. The third-order valence-corrected chi connectivity index (χ3v) is 3.40. The van der Waals surface area contributed by atoms with E-state index in [0.29, 0.717) is 12.5 Å². The Hall–Kier alpha value is -2.50. The van der Waals surface area contributed by atoms with Crippen molar-refractivity contribution in [1.82, 2.24) is 10.8 Å². The second-order valence-corrected chi connectivity index (χ2v) is 6.99. The number of halogens is 2. The van der Waals surface area contributed by atoms with Crippen molar-refractivity contribution in [1.29, 1.82) is 0 Å². The quantitative estimate of drug-likeness (QED) is 0.361. The maximum atomic E-state index is 13.0. The van der Waals surface area contributed by atoms with E-state index in [1.807, 2.05) is 26.1 Å². The van der Waals surface area contributed by atoms with E-state index in [0.717, 1.165) is 5.48 Å². The number of aliphatic hydroxyl groups is 1. The Bertz CT molecular complexity index is 713. The summed E-state index contributed by atoms with van der Waals surface area (Å²) in [7, 11) is 0. The van der Waals surface area contributed by atoms with Gasteiger partial charge in [0.25, 0.3) is 18.2 Å². The van der Waals surface area contributed by atoms with Crippen LogP contribution in [0.15, 0.2) is 24.3 Å². The van der Waals surface area contributed by atoms with Crippen LogP contribution in [0.3, 0.4) is 0 Å². The van der Waals surface area contributed by atoms with Crippen LogP contribution >= 0.6 is 0 Å². The highest BCUT2D eigenvalue weighted by Crippen LogP contribution is 2.20. The van der Waals surface area contributed by atoms with Crippen LogP contribution in [0, 0.1) is 17.3 Å². The molecule has 1 aromatic carbocycles. The smallest absolute Gasteiger partial charge is 0.269 e. The number of hydroxylamine groups is 1. The van der Waals surface area contributed by atoms with Crippen LogP contribution in [0.4, 0.5) is 8.78 Å². The molecule has 0 bridgehead atoms. The van der Waals surface area contributed by atoms with Gasteiger partial charge in [0.05, 0.1) is 0 Å². The zero-order chi connectivity index (χ0) is 20.1. The Balaban J connectivity index is 3.00. The molecule has 0 unspecified atom stereocenters. The van der Waals surface area contributed by atoms with Crippen LogP contribution in [-0.2, 0) is 4.79 Å². The van der Waals surface area contributed by atoms with E-state index in [9.17, 15) is 23.5 Å². The van der Waals surface area contributed by atoms with E-state index in [2.05, 4.69) is 11.8 Å². The predicted molar refractivity (Wildman–Crippen MR) is 90.6 cm³/mol.